The highest BCUT2D eigenvalue weighted by atomic mass is 19.4. The highest BCUT2D eigenvalue weighted by Crippen LogP contribution is 2.29. The Bertz CT molecular complexity index is 274. The van der Waals surface area contributed by atoms with E-state index in [1.807, 2.05) is 0 Å². The zero-order chi connectivity index (χ0) is 14.6. The first-order chi connectivity index (χ1) is 7.95. The molecule has 0 bridgehead atoms. The molecule has 0 aliphatic rings. The lowest BCUT2D eigenvalue weighted by molar-refractivity contribution is -0.173. The average molecular weight is 271 g/mol. The summed E-state index contributed by atoms with van der Waals surface area (Å²) in [6.07, 6.45) is -5.57. The molecule has 0 rings (SSSR count). The summed E-state index contributed by atoms with van der Waals surface area (Å²) in [6, 6.07) is -0.975. The number of aliphatic hydroxyl groups is 1. The van der Waals surface area contributed by atoms with Crippen molar-refractivity contribution in [2.75, 3.05) is 6.61 Å². The third-order valence-corrected chi connectivity index (χ3v) is 2.14. The van der Waals surface area contributed by atoms with E-state index < -0.39 is 36.4 Å². The number of nitrogens with one attached hydrogen (secondary N) is 1. The van der Waals surface area contributed by atoms with E-state index in [-0.39, 0.29) is 6.42 Å². The lowest BCUT2D eigenvalue weighted by Crippen LogP contribution is -2.43. The quantitative estimate of drug-likeness (QED) is 0.825. The largest absolute Gasteiger partial charge is 0.444 e. The molecule has 108 valence electrons. The number of aliphatic hydroxyl groups excluding tert-OH is 1. The van der Waals surface area contributed by atoms with Crippen LogP contribution in [0.5, 0.6) is 0 Å². The summed E-state index contributed by atoms with van der Waals surface area (Å²) in [4.78, 5) is 11.3. The van der Waals surface area contributed by atoms with Crippen LogP contribution in [0.15, 0.2) is 0 Å². The molecule has 7 heteroatoms. The molecule has 18 heavy (non-hydrogen) atoms. The lowest BCUT2D eigenvalue weighted by Gasteiger charge is -2.25. The molecule has 0 aromatic carbocycles. The third-order valence-electron chi connectivity index (χ3n) is 2.14. The molecule has 1 amide bonds. The van der Waals surface area contributed by atoms with Crippen molar-refractivity contribution >= 4 is 6.09 Å². The minimum Gasteiger partial charge on any atom is -0.444 e. The molecule has 0 fully saturated rings. The van der Waals surface area contributed by atoms with Crippen LogP contribution >= 0.6 is 0 Å². The van der Waals surface area contributed by atoms with E-state index in [4.69, 9.17) is 9.84 Å². The Morgan fingerprint density at radius 2 is 1.83 bits per heavy atom. The van der Waals surface area contributed by atoms with E-state index in [0.29, 0.717) is 0 Å². The maximum Gasteiger partial charge on any atom is 0.407 e. The predicted octanol–water partition coefficient (Wildman–Crippen LogP) is 2.46. The van der Waals surface area contributed by atoms with Crippen molar-refractivity contribution in [3.8, 4) is 0 Å². The van der Waals surface area contributed by atoms with Crippen molar-refractivity contribution in [1.82, 2.24) is 5.32 Å². The van der Waals surface area contributed by atoms with Gasteiger partial charge in [-0.25, -0.2) is 4.79 Å². The van der Waals surface area contributed by atoms with Crippen LogP contribution in [0.1, 0.15) is 34.1 Å². The SMILES string of the molecule is C[C@H](C[C@H](CO)NC(=O)OC(C)(C)C)C(F)(F)F. The molecule has 2 N–H and O–H groups in total. The molecule has 0 unspecified atom stereocenters. The minimum atomic E-state index is -4.34. The number of carbonyl (C=O) groups is 1. The Balaban J connectivity index is 4.32. The van der Waals surface area contributed by atoms with Crippen LogP contribution in [0.3, 0.4) is 0 Å². The van der Waals surface area contributed by atoms with Crippen molar-refractivity contribution in [2.24, 2.45) is 5.92 Å². The predicted molar refractivity (Wildman–Crippen MR) is 60.1 cm³/mol. The second-order valence-electron chi connectivity index (χ2n) is 5.20. The molecule has 4 nitrogen and oxygen atoms in total. The van der Waals surface area contributed by atoms with Gasteiger partial charge in [-0.2, -0.15) is 13.2 Å². The molecule has 0 aromatic heterocycles. The van der Waals surface area contributed by atoms with Gasteiger partial charge in [-0.15, -0.1) is 0 Å². The Labute approximate surface area is 105 Å². The lowest BCUT2D eigenvalue weighted by atomic mass is 10.0. The van der Waals surface area contributed by atoms with Crippen molar-refractivity contribution in [3.63, 3.8) is 0 Å². The van der Waals surface area contributed by atoms with E-state index in [0.717, 1.165) is 6.92 Å². The molecule has 2 atom stereocenters. The van der Waals surface area contributed by atoms with Crippen molar-refractivity contribution in [1.29, 1.82) is 0 Å². The smallest absolute Gasteiger partial charge is 0.407 e. The fraction of sp³-hybridized carbons (Fsp3) is 0.909. The van der Waals surface area contributed by atoms with Gasteiger partial charge >= 0.3 is 12.3 Å². The van der Waals surface area contributed by atoms with Gasteiger partial charge in [0.25, 0.3) is 0 Å². The molecular formula is C11H20F3NO3. The number of alkyl carbamates (subject to hydrolysis) is 1. The van der Waals surface area contributed by atoms with Gasteiger partial charge < -0.3 is 15.2 Å². The van der Waals surface area contributed by atoms with Gasteiger partial charge in [-0.3, -0.25) is 0 Å². The summed E-state index contributed by atoms with van der Waals surface area (Å²) in [5.74, 6) is -1.61. The molecule has 0 aliphatic heterocycles. The van der Waals surface area contributed by atoms with Crippen LogP contribution in [-0.2, 0) is 4.74 Å². The van der Waals surface area contributed by atoms with Gasteiger partial charge in [0.2, 0.25) is 0 Å². The molecule has 0 saturated carbocycles. The number of ether oxygens (including phenoxy) is 1. The van der Waals surface area contributed by atoms with Gasteiger partial charge in [-0.05, 0) is 27.2 Å². The number of carbonyl (C=O) groups excluding carboxylic acids is 1. The summed E-state index contributed by atoms with van der Waals surface area (Å²) < 4.78 is 41.9. The highest BCUT2D eigenvalue weighted by Gasteiger charge is 2.37. The first kappa shape index (κ1) is 17.0. The molecular weight excluding hydrogens is 251 g/mol. The van der Waals surface area contributed by atoms with Crippen LogP contribution in [0.2, 0.25) is 0 Å². The van der Waals surface area contributed by atoms with Crippen LogP contribution < -0.4 is 5.32 Å². The number of alkyl halides is 3. The standard InChI is InChI=1S/C11H20F3NO3/c1-7(11(12,13)14)5-8(6-16)15-9(17)18-10(2,3)4/h7-8,16H,5-6H2,1-4H3,(H,15,17)/t7-,8-/m1/s1. The Morgan fingerprint density at radius 3 is 2.17 bits per heavy atom. The maximum atomic E-state index is 12.3. The van der Waals surface area contributed by atoms with E-state index in [1.54, 1.807) is 20.8 Å². The summed E-state index contributed by atoms with van der Waals surface area (Å²) >= 11 is 0. The van der Waals surface area contributed by atoms with Gasteiger partial charge in [0.1, 0.15) is 5.60 Å². The summed E-state index contributed by atoms with van der Waals surface area (Å²) in [6.45, 7) is 5.34. The second-order valence-corrected chi connectivity index (χ2v) is 5.20. The zero-order valence-electron chi connectivity index (χ0n) is 11.0. The Kier molecular flexibility index (Phi) is 5.92. The second kappa shape index (κ2) is 6.26. The Hall–Kier alpha value is -0.980. The van der Waals surface area contributed by atoms with Crippen LogP contribution in [0.4, 0.5) is 18.0 Å². The fourth-order valence-corrected chi connectivity index (χ4v) is 1.21. The van der Waals surface area contributed by atoms with E-state index in [1.165, 1.54) is 0 Å². The third kappa shape index (κ3) is 7.37. The summed E-state index contributed by atoms with van der Waals surface area (Å²) in [5.41, 5.74) is -0.736. The number of hydrogen-bond acceptors (Lipinski definition) is 3. The highest BCUT2D eigenvalue weighted by molar-refractivity contribution is 5.68. The van der Waals surface area contributed by atoms with Crippen LogP contribution in [0, 0.1) is 5.92 Å². The van der Waals surface area contributed by atoms with E-state index in [9.17, 15) is 18.0 Å². The van der Waals surface area contributed by atoms with Gasteiger partial charge in [0, 0.05) is 0 Å². The Morgan fingerprint density at radius 1 is 1.33 bits per heavy atom. The van der Waals surface area contributed by atoms with E-state index in [2.05, 4.69) is 5.32 Å². The number of amides is 1. The number of rotatable bonds is 4. The van der Waals surface area contributed by atoms with Gasteiger partial charge in [0.05, 0.1) is 18.6 Å². The van der Waals surface area contributed by atoms with Gasteiger partial charge in [-0.1, -0.05) is 6.92 Å². The van der Waals surface area contributed by atoms with E-state index >= 15 is 0 Å². The molecule has 0 aromatic rings. The average Bonchev–Trinajstić information content (AvgIpc) is 2.11. The number of halogens is 3. The van der Waals surface area contributed by atoms with Crippen LogP contribution in [0.25, 0.3) is 0 Å². The summed E-state index contributed by atoms with van der Waals surface area (Å²) in [5, 5.41) is 11.2. The zero-order valence-corrected chi connectivity index (χ0v) is 11.0. The van der Waals surface area contributed by atoms with Gasteiger partial charge in [0.15, 0.2) is 0 Å². The van der Waals surface area contributed by atoms with Crippen molar-refractivity contribution in [2.45, 2.75) is 51.9 Å². The normalized spacial score (nSPS) is 16.0. The maximum absolute atomic E-state index is 12.3. The fourth-order valence-electron chi connectivity index (χ4n) is 1.21. The first-order valence-electron chi connectivity index (χ1n) is 5.62. The molecule has 0 saturated heterocycles. The molecule has 0 heterocycles. The summed E-state index contributed by atoms with van der Waals surface area (Å²) in [7, 11) is 0. The molecule has 0 radical (unpaired) electrons. The number of hydrogen-bond donors (Lipinski definition) is 2. The van der Waals surface area contributed by atoms with Crippen molar-refractivity contribution in [3.05, 3.63) is 0 Å². The van der Waals surface area contributed by atoms with Crippen molar-refractivity contribution < 1.29 is 27.8 Å². The topological polar surface area (TPSA) is 58.6 Å². The molecule has 0 aliphatic carbocycles. The molecule has 0 spiro atoms. The minimum absolute atomic E-state index is 0.390. The monoisotopic (exact) mass is 271 g/mol. The van der Waals surface area contributed by atoms with Crippen LogP contribution in [-0.4, -0.2) is 35.6 Å². The first-order valence-corrected chi connectivity index (χ1v) is 5.62.